The van der Waals surface area contributed by atoms with Gasteiger partial charge in [0.1, 0.15) is 0 Å². The van der Waals surface area contributed by atoms with E-state index in [4.69, 9.17) is 15.2 Å². The van der Waals surface area contributed by atoms with Crippen LogP contribution in [0.5, 0.6) is 0 Å². The van der Waals surface area contributed by atoms with Crippen LogP contribution < -0.4 is 5.73 Å². The molecule has 1 saturated heterocycles. The second-order valence-electron chi connectivity index (χ2n) is 4.54. The number of hydrogen-bond donors (Lipinski definition) is 1. The molecule has 0 saturated carbocycles. The van der Waals surface area contributed by atoms with E-state index in [1.165, 1.54) is 0 Å². The van der Waals surface area contributed by atoms with Gasteiger partial charge in [0, 0.05) is 26.1 Å². The number of hydrogen-bond acceptors (Lipinski definition) is 4. The number of nitrogens with zero attached hydrogens (tertiary/aromatic N) is 1. The third kappa shape index (κ3) is 5.80. The van der Waals surface area contributed by atoms with Crippen molar-refractivity contribution in [1.82, 2.24) is 4.90 Å². The van der Waals surface area contributed by atoms with E-state index < -0.39 is 0 Å². The highest BCUT2D eigenvalue weighted by atomic mass is 16.5. The lowest BCUT2D eigenvalue weighted by molar-refractivity contribution is -0.134. The maximum absolute atomic E-state index is 11.8. The van der Waals surface area contributed by atoms with Crippen molar-refractivity contribution in [2.24, 2.45) is 5.73 Å². The van der Waals surface area contributed by atoms with Gasteiger partial charge < -0.3 is 20.1 Å². The summed E-state index contributed by atoms with van der Waals surface area (Å²) in [4.78, 5) is 13.7. The van der Waals surface area contributed by atoms with Crippen LogP contribution in [-0.4, -0.2) is 56.4 Å². The van der Waals surface area contributed by atoms with Crippen molar-refractivity contribution in [1.29, 1.82) is 0 Å². The number of carbonyl (C=O) groups is 1. The van der Waals surface area contributed by atoms with Crippen molar-refractivity contribution in [2.45, 2.75) is 38.7 Å². The second-order valence-corrected chi connectivity index (χ2v) is 4.54. The number of likely N-dealkylation sites (tertiary alicyclic amines) is 1. The van der Waals surface area contributed by atoms with Gasteiger partial charge in [0.2, 0.25) is 5.91 Å². The number of ether oxygens (including phenoxy) is 2. The summed E-state index contributed by atoms with van der Waals surface area (Å²) in [6.07, 6.45) is 3.50. The summed E-state index contributed by atoms with van der Waals surface area (Å²) in [6.45, 7) is 6.23. The lowest BCUT2D eigenvalue weighted by Crippen LogP contribution is -2.41. The zero-order chi connectivity index (χ0) is 13.2. The molecule has 1 rings (SSSR count). The first kappa shape index (κ1) is 15.4. The first-order chi connectivity index (χ1) is 8.77. The first-order valence-corrected chi connectivity index (χ1v) is 6.95. The maximum atomic E-state index is 11.8. The Morgan fingerprint density at radius 2 is 2.06 bits per heavy atom. The highest BCUT2D eigenvalue weighted by Gasteiger charge is 2.22. The quantitative estimate of drug-likeness (QED) is 0.653. The van der Waals surface area contributed by atoms with Crippen molar-refractivity contribution in [3.05, 3.63) is 0 Å². The van der Waals surface area contributed by atoms with Gasteiger partial charge in [-0.2, -0.15) is 0 Å². The normalized spacial score (nSPS) is 17.1. The first-order valence-electron chi connectivity index (χ1n) is 6.95. The molecule has 0 atom stereocenters. The Morgan fingerprint density at radius 1 is 1.33 bits per heavy atom. The number of amides is 1. The van der Waals surface area contributed by atoms with Crippen LogP contribution in [0.25, 0.3) is 0 Å². The molecule has 18 heavy (non-hydrogen) atoms. The summed E-state index contributed by atoms with van der Waals surface area (Å²) in [7, 11) is 0. The molecule has 5 nitrogen and oxygen atoms in total. The minimum absolute atomic E-state index is 0.230. The van der Waals surface area contributed by atoms with E-state index in [0.29, 0.717) is 26.2 Å². The van der Waals surface area contributed by atoms with E-state index in [9.17, 15) is 4.79 Å². The molecule has 106 valence electrons. The average Bonchev–Trinajstić information content (AvgIpc) is 2.41. The van der Waals surface area contributed by atoms with E-state index >= 15 is 0 Å². The molecule has 0 bridgehead atoms. The van der Waals surface area contributed by atoms with Gasteiger partial charge in [-0.15, -0.1) is 0 Å². The number of rotatable bonds is 8. The summed E-state index contributed by atoms with van der Waals surface area (Å²) < 4.78 is 10.9. The molecular weight excluding hydrogens is 232 g/mol. The van der Waals surface area contributed by atoms with Crippen molar-refractivity contribution in [3.63, 3.8) is 0 Å². The van der Waals surface area contributed by atoms with Gasteiger partial charge in [0.25, 0.3) is 0 Å². The van der Waals surface area contributed by atoms with Crippen LogP contribution in [0, 0.1) is 0 Å². The molecule has 0 spiro atoms. The van der Waals surface area contributed by atoms with Gasteiger partial charge in [-0.05, 0) is 32.7 Å². The fourth-order valence-corrected chi connectivity index (χ4v) is 2.10. The van der Waals surface area contributed by atoms with Crippen molar-refractivity contribution in [3.8, 4) is 0 Å². The second kappa shape index (κ2) is 9.30. The predicted octanol–water partition coefficient (Wildman–Crippen LogP) is 0.769. The average molecular weight is 258 g/mol. The van der Waals surface area contributed by atoms with Gasteiger partial charge in [-0.3, -0.25) is 4.79 Å². The van der Waals surface area contributed by atoms with Gasteiger partial charge in [-0.1, -0.05) is 0 Å². The topological polar surface area (TPSA) is 64.8 Å². The van der Waals surface area contributed by atoms with Crippen LogP contribution in [0.2, 0.25) is 0 Å². The monoisotopic (exact) mass is 258 g/mol. The third-order valence-corrected chi connectivity index (χ3v) is 3.17. The van der Waals surface area contributed by atoms with E-state index in [2.05, 4.69) is 0 Å². The zero-order valence-electron chi connectivity index (χ0n) is 11.4. The Balaban J connectivity index is 2.10. The molecular formula is C13H26N2O3. The summed E-state index contributed by atoms with van der Waals surface area (Å²) in [5.74, 6) is 0.230. The van der Waals surface area contributed by atoms with Crippen molar-refractivity contribution < 1.29 is 14.3 Å². The van der Waals surface area contributed by atoms with Crippen LogP contribution in [0.15, 0.2) is 0 Å². The van der Waals surface area contributed by atoms with Gasteiger partial charge >= 0.3 is 0 Å². The summed E-state index contributed by atoms with van der Waals surface area (Å²) in [6, 6.07) is 0. The molecule has 0 aromatic rings. The Labute approximate surface area is 110 Å². The Kier molecular flexibility index (Phi) is 7.96. The third-order valence-electron chi connectivity index (χ3n) is 3.17. The Hall–Kier alpha value is -0.650. The lowest BCUT2D eigenvalue weighted by Gasteiger charge is -2.32. The molecule has 0 unspecified atom stereocenters. The van der Waals surface area contributed by atoms with E-state index in [1.807, 2.05) is 11.8 Å². The van der Waals surface area contributed by atoms with Crippen LogP contribution in [0.3, 0.4) is 0 Å². The highest BCUT2D eigenvalue weighted by molar-refractivity contribution is 5.76. The van der Waals surface area contributed by atoms with Crippen LogP contribution >= 0.6 is 0 Å². The minimum Gasteiger partial charge on any atom is -0.379 e. The van der Waals surface area contributed by atoms with Crippen LogP contribution in [0.4, 0.5) is 0 Å². The van der Waals surface area contributed by atoms with Crippen LogP contribution in [-0.2, 0) is 14.3 Å². The van der Waals surface area contributed by atoms with Crippen LogP contribution in [0.1, 0.15) is 32.6 Å². The zero-order valence-corrected chi connectivity index (χ0v) is 11.4. The van der Waals surface area contributed by atoms with Gasteiger partial charge in [-0.25, -0.2) is 0 Å². The van der Waals surface area contributed by atoms with E-state index in [1.54, 1.807) is 0 Å². The summed E-state index contributed by atoms with van der Waals surface area (Å²) in [5.41, 5.74) is 5.41. The fourth-order valence-electron chi connectivity index (χ4n) is 2.10. The molecule has 5 heteroatoms. The largest absolute Gasteiger partial charge is 0.379 e. The lowest BCUT2D eigenvalue weighted by atomic mass is 10.1. The van der Waals surface area contributed by atoms with Gasteiger partial charge in [0.05, 0.1) is 19.3 Å². The highest BCUT2D eigenvalue weighted by Crippen LogP contribution is 2.14. The summed E-state index contributed by atoms with van der Waals surface area (Å²) >= 11 is 0. The molecule has 1 fully saturated rings. The van der Waals surface area contributed by atoms with E-state index in [0.717, 1.165) is 39.0 Å². The fraction of sp³-hybridized carbons (Fsp3) is 0.923. The Morgan fingerprint density at radius 3 is 2.67 bits per heavy atom. The number of carbonyl (C=O) groups excluding carboxylic acids is 1. The van der Waals surface area contributed by atoms with Crippen molar-refractivity contribution >= 4 is 5.91 Å². The molecule has 0 aromatic carbocycles. The SMILES string of the molecule is CCOCCOC1CCN(C(=O)CCCN)CC1. The minimum atomic E-state index is 0.230. The summed E-state index contributed by atoms with van der Waals surface area (Å²) in [5, 5.41) is 0. The molecule has 2 N–H and O–H groups in total. The van der Waals surface area contributed by atoms with Crippen molar-refractivity contribution in [2.75, 3.05) is 39.5 Å². The molecule has 0 aliphatic carbocycles. The number of nitrogens with two attached hydrogens (primary N) is 1. The molecule has 1 aliphatic heterocycles. The predicted molar refractivity (Wildman–Crippen MR) is 70.3 cm³/mol. The standard InChI is InChI=1S/C13H26N2O3/c1-2-17-10-11-18-12-5-8-15(9-6-12)13(16)4-3-7-14/h12H,2-11,14H2,1H3. The van der Waals surface area contributed by atoms with E-state index in [-0.39, 0.29) is 12.0 Å². The van der Waals surface area contributed by atoms with Gasteiger partial charge in [0.15, 0.2) is 0 Å². The molecule has 0 aromatic heterocycles. The Bertz CT molecular complexity index is 228. The number of piperidine rings is 1. The molecule has 1 amide bonds. The molecule has 1 heterocycles. The molecule has 0 radical (unpaired) electrons. The molecule has 1 aliphatic rings. The maximum Gasteiger partial charge on any atom is 0.222 e. The smallest absolute Gasteiger partial charge is 0.222 e.